The SMILES string of the molecule is CC(NC1CCN(C(=O)OC(C)(C)C)CC1)c1cccs1. The van der Waals surface area contributed by atoms with Crippen LogP contribution >= 0.6 is 11.3 Å². The number of hydrogen-bond donors (Lipinski definition) is 1. The number of nitrogens with one attached hydrogen (secondary N) is 1. The minimum Gasteiger partial charge on any atom is -0.444 e. The summed E-state index contributed by atoms with van der Waals surface area (Å²) in [5.41, 5.74) is -0.417. The molecule has 0 saturated carbocycles. The summed E-state index contributed by atoms with van der Waals surface area (Å²) >= 11 is 1.78. The molecule has 2 rings (SSSR count). The van der Waals surface area contributed by atoms with Crippen LogP contribution in [-0.2, 0) is 4.74 Å². The summed E-state index contributed by atoms with van der Waals surface area (Å²) in [4.78, 5) is 15.2. The fraction of sp³-hybridized carbons (Fsp3) is 0.688. The van der Waals surface area contributed by atoms with Crippen molar-refractivity contribution < 1.29 is 9.53 Å². The van der Waals surface area contributed by atoms with Gasteiger partial charge in [0.2, 0.25) is 0 Å². The highest BCUT2D eigenvalue weighted by molar-refractivity contribution is 7.10. The number of thiophene rings is 1. The van der Waals surface area contributed by atoms with Crippen LogP contribution in [0.3, 0.4) is 0 Å². The molecule has 1 aliphatic heterocycles. The van der Waals surface area contributed by atoms with E-state index in [1.165, 1.54) is 4.88 Å². The van der Waals surface area contributed by atoms with Gasteiger partial charge in [-0.15, -0.1) is 11.3 Å². The topological polar surface area (TPSA) is 41.6 Å². The number of likely N-dealkylation sites (tertiary alicyclic amines) is 1. The molecule has 21 heavy (non-hydrogen) atoms. The third-order valence-electron chi connectivity index (χ3n) is 3.60. The van der Waals surface area contributed by atoms with E-state index in [9.17, 15) is 4.79 Å². The molecule has 4 nitrogen and oxygen atoms in total. The monoisotopic (exact) mass is 310 g/mol. The molecule has 1 fully saturated rings. The smallest absolute Gasteiger partial charge is 0.410 e. The van der Waals surface area contributed by atoms with E-state index in [4.69, 9.17) is 4.74 Å². The summed E-state index contributed by atoms with van der Waals surface area (Å²) < 4.78 is 5.42. The van der Waals surface area contributed by atoms with Gasteiger partial charge in [0.25, 0.3) is 0 Å². The standard InChI is InChI=1S/C16H26N2O2S/c1-12(14-6-5-11-21-14)17-13-7-9-18(10-8-13)15(19)20-16(2,3)4/h5-6,11-13,17H,7-10H2,1-4H3. The van der Waals surface area contributed by atoms with Crippen LogP contribution in [0.1, 0.15) is 51.5 Å². The van der Waals surface area contributed by atoms with Gasteiger partial charge in [0, 0.05) is 30.1 Å². The Balaban J connectivity index is 1.77. The first-order valence-corrected chi connectivity index (χ1v) is 8.50. The normalized spacial score (nSPS) is 18.6. The molecule has 1 unspecified atom stereocenters. The van der Waals surface area contributed by atoms with Crippen LogP contribution in [0.2, 0.25) is 0 Å². The molecule has 0 spiro atoms. The molecule has 0 aliphatic carbocycles. The van der Waals surface area contributed by atoms with Crippen molar-refractivity contribution in [1.29, 1.82) is 0 Å². The van der Waals surface area contributed by atoms with Crippen LogP contribution < -0.4 is 5.32 Å². The van der Waals surface area contributed by atoms with Crippen LogP contribution in [-0.4, -0.2) is 35.7 Å². The van der Waals surface area contributed by atoms with Crippen molar-refractivity contribution in [3.63, 3.8) is 0 Å². The number of piperidine rings is 1. The van der Waals surface area contributed by atoms with Crippen molar-refractivity contribution in [3.8, 4) is 0 Å². The molecule has 1 N–H and O–H groups in total. The van der Waals surface area contributed by atoms with Gasteiger partial charge >= 0.3 is 6.09 Å². The molecule has 1 atom stereocenters. The summed E-state index contributed by atoms with van der Waals surface area (Å²) in [7, 11) is 0. The molecule has 1 aromatic rings. The van der Waals surface area contributed by atoms with E-state index < -0.39 is 5.60 Å². The quantitative estimate of drug-likeness (QED) is 0.923. The van der Waals surface area contributed by atoms with Crippen LogP contribution in [0.15, 0.2) is 17.5 Å². The maximum atomic E-state index is 12.0. The lowest BCUT2D eigenvalue weighted by Gasteiger charge is -2.34. The van der Waals surface area contributed by atoms with Crippen LogP contribution in [0.4, 0.5) is 4.79 Å². The number of ether oxygens (including phenoxy) is 1. The minimum atomic E-state index is -0.417. The Bertz CT molecular complexity index is 445. The summed E-state index contributed by atoms with van der Waals surface area (Å²) in [5, 5.41) is 5.77. The number of carbonyl (C=O) groups is 1. The van der Waals surface area contributed by atoms with Crippen molar-refractivity contribution in [2.24, 2.45) is 0 Å². The number of carbonyl (C=O) groups excluding carboxylic acids is 1. The second-order valence-corrected chi connectivity index (χ2v) is 7.62. The maximum absolute atomic E-state index is 12.0. The van der Waals surface area contributed by atoms with E-state index in [1.54, 1.807) is 11.3 Å². The number of rotatable bonds is 3. The van der Waals surface area contributed by atoms with Gasteiger partial charge in [-0.1, -0.05) is 6.07 Å². The molecule has 0 radical (unpaired) electrons. The molecule has 5 heteroatoms. The number of nitrogens with zero attached hydrogens (tertiary/aromatic N) is 1. The van der Waals surface area contributed by atoms with Crippen molar-refractivity contribution in [2.75, 3.05) is 13.1 Å². The molecule has 1 amide bonds. The third-order valence-corrected chi connectivity index (χ3v) is 4.66. The highest BCUT2D eigenvalue weighted by atomic mass is 32.1. The molecule has 1 aliphatic rings. The van der Waals surface area contributed by atoms with Gasteiger partial charge in [0.15, 0.2) is 0 Å². The molecule has 1 aromatic heterocycles. The molecule has 118 valence electrons. The van der Waals surface area contributed by atoms with E-state index in [0.29, 0.717) is 12.1 Å². The zero-order valence-electron chi connectivity index (χ0n) is 13.4. The van der Waals surface area contributed by atoms with Gasteiger partial charge in [-0.3, -0.25) is 0 Å². The average Bonchev–Trinajstić information content (AvgIpc) is 2.91. The molecular weight excluding hydrogens is 284 g/mol. The number of hydrogen-bond acceptors (Lipinski definition) is 4. The first-order valence-electron chi connectivity index (χ1n) is 7.62. The average molecular weight is 310 g/mol. The van der Waals surface area contributed by atoms with Gasteiger partial charge in [0.05, 0.1) is 0 Å². The Morgan fingerprint density at radius 3 is 2.62 bits per heavy atom. The van der Waals surface area contributed by atoms with Gasteiger partial charge < -0.3 is 15.0 Å². The first kappa shape index (κ1) is 16.3. The molecule has 2 heterocycles. The van der Waals surface area contributed by atoms with Gasteiger partial charge in [0.1, 0.15) is 5.60 Å². The second-order valence-electron chi connectivity index (χ2n) is 6.65. The zero-order chi connectivity index (χ0) is 15.5. The van der Waals surface area contributed by atoms with Crippen LogP contribution in [0.25, 0.3) is 0 Å². The van der Waals surface area contributed by atoms with Crippen molar-refractivity contribution in [3.05, 3.63) is 22.4 Å². The molecular formula is C16H26N2O2S. The van der Waals surface area contributed by atoms with E-state index in [2.05, 4.69) is 29.8 Å². The van der Waals surface area contributed by atoms with E-state index >= 15 is 0 Å². The summed E-state index contributed by atoms with van der Waals surface area (Å²) in [6.45, 7) is 9.45. The van der Waals surface area contributed by atoms with Crippen molar-refractivity contribution in [2.45, 2.75) is 58.2 Å². The number of amides is 1. The maximum Gasteiger partial charge on any atom is 0.410 e. The molecule has 1 saturated heterocycles. The minimum absolute atomic E-state index is 0.188. The van der Waals surface area contributed by atoms with Crippen LogP contribution in [0.5, 0.6) is 0 Å². The highest BCUT2D eigenvalue weighted by Crippen LogP contribution is 2.22. The van der Waals surface area contributed by atoms with Crippen molar-refractivity contribution >= 4 is 17.4 Å². The summed E-state index contributed by atoms with van der Waals surface area (Å²) in [5.74, 6) is 0. The van der Waals surface area contributed by atoms with Crippen molar-refractivity contribution in [1.82, 2.24) is 10.2 Å². The van der Waals surface area contributed by atoms with Gasteiger partial charge in [-0.05, 0) is 52.0 Å². The van der Waals surface area contributed by atoms with Gasteiger partial charge in [-0.2, -0.15) is 0 Å². The Labute approximate surface area is 131 Å². The first-order chi connectivity index (χ1) is 9.85. The fourth-order valence-electron chi connectivity index (χ4n) is 2.53. The molecule has 0 bridgehead atoms. The highest BCUT2D eigenvalue weighted by Gasteiger charge is 2.27. The summed E-state index contributed by atoms with van der Waals surface area (Å²) in [6, 6.07) is 5.10. The van der Waals surface area contributed by atoms with Gasteiger partial charge in [-0.25, -0.2) is 4.79 Å². The Morgan fingerprint density at radius 2 is 2.10 bits per heavy atom. The largest absolute Gasteiger partial charge is 0.444 e. The zero-order valence-corrected chi connectivity index (χ0v) is 14.2. The second kappa shape index (κ2) is 6.79. The molecule has 0 aromatic carbocycles. The lowest BCUT2D eigenvalue weighted by atomic mass is 10.0. The lowest BCUT2D eigenvalue weighted by Crippen LogP contribution is -2.46. The van der Waals surface area contributed by atoms with E-state index in [0.717, 1.165) is 25.9 Å². The van der Waals surface area contributed by atoms with Crippen LogP contribution in [0, 0.1) is 0 Å². The third kappa shape index (κ3) is 5.00. The Kier molecular flexibility index (Phi) is 5.27. The predicted molar refractivity (Wildman–Crippen MR) is 86.7 cm³/mol. The Morgan fingerprint density at radius 1 is 1.43 bits per heavy atom. The predicted octanol–water partition coefficient (Wildman–Crippen LogP) is 3.80. The Hall–Kier alpha value is -1.07. The lowest BCUT2D eigenvalue weighted by molar-refractivity contribution is 0.0196. The fourth-order valence-corrected chi connectivity index (χ4v) is 3.27. The summed E-state index contributed by atoms with van der Waals surface area (Å²) in [6.07, 6.45) is 1.77. The van der Waals surface area contributed by atoms with E-state index in [-0.39, 0.29) is 6.09 Å². The van der Waals surface area contributed by atoms with E-state index in [1.807, 2.05) is 25.7 Å².